The Hall–Kier alpha value is -2.03. The van der Waals surface area contributed by atoms with Gasteiger partial charge in [0.05, 0.1) is 10.7 Å². The number of carbonyl (C=O) groups is 1. The molecule has 2 aromatic heterocycles. The van der Waals surface area contributed by atoms with E-state index in [1.807, 2.05) is 0 Å². The maximum Gasteiger partial charge on any atom is 0.433 e. The van der Waals surface area contributed by atoms with Crippen molar-refractivity contribution in [1.29, 1.82) is 0 Å². The van der Waals surface area contributed by atoms with Crippen molar-refractivity contribution in [3.05, 3.63) is 34.4 Å². The van der Waals surface area contributed by atoms with E-state index in [1.165, 1.54) is 0 Å². The molecule has 1 amide bonds. The van der Waals surface area contributed by atoms with Gasteiger partial charge in [0, 0.05) is 32.4 Å². The zero-order chi connectivity index (χ0) is 17.2. The molecule has 0 radical (unpaired) electrons. The van der Waals surface area contributed by atoms with Crippen molar-refractivity contribution in [3.63, 3.8) is 0 Å². The van der Waals surface area contributed by atoms with Crippen LogP contribution in [0.2, 0.25) is 5.02 Å². The highest BCUT2D eigenvalue weighted by molar-refractivity contribution is 6.31. The highest BCUT2D eigenvalue weighted by Crippen LogP contribution is 2.29. The molecule has 0 saturated heterocycles. The average Bonchev–Trinajstić information content (AvgIpc) is 2.98. The summed E-state index contributed by atoms with van der Waals surface area (Å²) >= 11 is 5.87. The Bertz CT molecular complexity index is 688. The van der Waals surface area contributed by atoms with Crippen LogP contribution in [0.15, 0.2) is 12.3 Å². The Morgan fingerprint density at radius 3 is 2.61 bits per heavy atom. The molecule has 6 nitrogen and oxygen atoms in total. The summed E-state index contributed by atoms with van der Waals surface area (Å²) in [7, 11) is 1.14. The molecule has 0 unspecified atom stereocenters. The molecule has 1 N–H and O–H groups in total. The largest absolute Gasteiger partial charge is 0.433 e. The first-order valence-corrected chi connectivity index (χ1v) is 7.15. The van der Waals surface area contributed by atoms with Crippen molar-refractivity contribution in [1.82, 2.24) is 24.9 Å². The first-order valence-electron chi connectivity index (χ1n) is 6.77. The summed E-state index contributed by atoms with van der Waals surface area (Å²) in [5, 5.41) is 10.8. The molecule has 0 aliphatic rings. The molecule has 0 bridgehead atoms. The molecule has 0 atom stereocenters. The normalized spacial score (nSPS) is 11.7. The number of aromatic nitrogens is 4. The smallest absolute Gasteiger partial charge is 0.351 e. The van der Waals surface area contributed by atoms with Crippen LogP contribution >= 0.6 is 11.6 Å². The van der Waals surface area contributed by atoms with Gasteiger partial charge in [-0.05, 0) is 13.3 Å². The van der Waals surface area contributed by atoms with Crippen molar-refractivity contribution in [3.8, 4) is 0 Å². The summed E-state index contributed by atoms with van der Waals surface area (Å²) in [6.07, 6.45) is -2.31. The third-order valence-electron chi connectivity index (χ3n) is 3.14. The molecule has 2 rings (SSSR count). The average molecular weight is 350 g/mol. The van der Waals surface area contributed by atoms with Crippen LogP contribution in [0.1, 0.15) is 28.3 Å². The van der Waals surface area contributed by atoms with E-state index in [0.717, 1.165) is 13.1 Å². The van der Waals surface area contributed by atoms with E-state index in [9.17, 15) is 18.0 Å². The topological polar surface area (TPSA) is 64.7 Å². The van der Waals surface area contributed by atoms with Crippen molar-refractivity contribution in [2.75, 3.05) is 6.54 Å². The number of rotatable bonds is 5. The summed E-state index contributed by atoms with van der Waals surface area (Å²) < 4.78 is 40.2. The molecule has 126 valence electrons. The molecule has 0 fully saturated rings. The third-order valence-corrected chi connectivity index (χ3v) is 3.51. The Kier molecular flexibility index (Phi) is 4.98. The number of aryl methyl sites for hydroxylation is 3. The number of nitrogens with one attached hydrogen (secondary N) is 1. The molecule has 0 aliphatic heterocycles. The number of alkyl halides is 3. The molecule has 23 heavy (non-hydrogen) atoms. The molecule has 2 heterocycles. The van der Waals surface area contributed by atoms with Gasteiger partial charge >= 0.3 is 6.18 Å². The molecule has 0 saturated carbocycles. The van der Waals surface area contributed by atoms with E-state index in [2.05, 4.69) is 15.5 Å². The Labute approximate surface area is 135 Å². The summed E-state index contributed by atoms with van der Waals surface area (Å²) in [5.74, 6) is -0.647. The lowest BCUT2D eigenvalue weighted by molar-refractivity contribution is -0.143. The summed E-state index contributed by atoms with van der Waals surface area (Å²) in [4.78, 5) is 11.8. The van der Waals surface area contributed by atoms with E-state index >= 15 is 0 Å². The number of amides is 1. The van der Waals surface area contributed by atoms with Crippen LogP contribution in [-0.4, -0.2) is 32.0 Å². The molecule has 0 spiro atoms. The highest BCUT2D eigenvalue weighted by atomic mass is 35.5. The zero-order valence-electron chi connectivity index (χ0n) is 12.5. The lowest BCUT2D eigenvalue weighted by atomic mass is 10.3. The molecule has 0 aromatic carbocycles. The van der Waals surface area contributed by atoms with Crippen LogP contribution in [0.5, 0.6) is 0 Å². The maximum absolute atomic E-state index is 12.6. The fraction of sp³-hybridized carbons (Fsp3) is 0.462. The van der Waals surface area contributed by atoms with Gasteiger partial charge in [0.1, 0.15) is 5.69 Å². The van der Waals surface area contributed by atoms with Gasteiger partial charge in [0.25, 0.3) is 5.91 Å². The lowest BCUT2D eigenvalue weighted by Crippen LogP contribution is -2.25. The number of halogens is 4. The van der Waals surface area contributed by atoms with Crippen molar-refractivity contribution in [2.24, 2.45) is 7.05 Å². The third kappa shape index (κ3) is 4.25. The minimum Gasteiger partial charge on any atom is -0.351 e. The minimum atomic E-state index is -4.54. The van der Waals surface area contributed by atoms with Crippen LogP contribution in [0.3, 0.4) is 0 Å². The van der Waals surface area contributed by atoms with Crippen LogP contribution in [-0.2, 0) is 19.8 Å². The number of nitrogens with zero attached hydrogens (tertiary/aromatic N) is 4. The van der Waals surface area contributed by atoms with Gasteiger partial charge in [-0.15, -0.1) is 0 Å². The second-order valence-corrected chi connectivity index (χ2v) is 5.38. The quantitative estimate of drug-likeness (QED) is 0.843. The number of hydrogen-bond donors (Lipinski definition) is 1. The van der Waals surface area contributed by atoms with Crippen LogP contribution in [0.4, 0.5) is 13.2 Å². The predicted molar refractivity (Wildman–Crippen MR) is 77.1 cm³/mol. The Morgan fingerprint density at radius 2 is 2.09 bits per heavy atom. The standard InChI is InChI=1S/C13H15ClF3N5O/c1-8-9(14)7-22(19-8)5-3-4-18-12(23)10-6-11(13(15,16)17)21(2)20-10/h6-7H,3-5H2,1-2H3,(H,18,23). The van der Waals surface area contributed by atoms with E-state index in [4.69, 9.17) is 11.6 Å². The van der Waals surface area contributed by atoms with Gasteiger partial charge in [0.15, 0.2) is 5.69 Å². The summed E-state index contributed by atoms with van der Waals surface area (Å²) in [5.41, 5.74) is -0.522. The second kappa shape index (κ2) is 6.61. The van der Waals surface area contributed by atoms with Crippen LogP contribution < -0.4 is 5.32 Å². The van der Waals surface area contributed by atoms with Crippen LogP contribution in [0, 0.1) is 6.92 Å². The molecule has 10 heteroatoms. The van der Waals surface area contributed by atoms with E-state index in [1.54, 1.807) is 17.8 Å². The number of carbonyl (C=O) groups excluding carboxylic acids is 1. The highest BCUT2D eigenvalue weighted by Gasteiger charge is 2.35. The fourth-order valence-corrected chi connectivity index (χ4v) is 2.14. The summed E-state index contributed by atoms with van der Waals surface area (Å²) in [6.45, 7) is 2.59. The summed E-state index contributed by atoms with van der Waals surface area (Å²) in [6, 6.07) is 0.728. The number of hydrogen-bond acceptors (Lipinski definition) is 3. The first-order chi connectivity index (χ1) is 10.7. The van der Waals surface area contributed by atoms with Gasteiger partial charge in [0.2, 0.25) is 0 Å². The van der Waals surface area contributed by atoms with E-state index in [0.29, 0.717) is 28.4 Å². The zero-order valence-corrected chi connectivity index (χ0v) is 13.2. The predicted octanol–water partition coefficient (Wildman–Crippen LogP) is 2.42. The molecule has 2 aromatic rings. The molecule has 0 aliphatic carbocycles. The second-order valence-electron chi connectivity index (χ2n) is 4.97. The van der Waals surface area contributed by atoms with E-state index in [-0.39, 0.29) is 12.2 Å². The van der Waals surface area contributed by atoms with Crippen LogP contribution in [0.25, 0.3) is 0 Å². The minimum absolute atomic E-state index is 0.266. The Balaban J connectivity index is 1.85. The lowest BCUT2D eigenvalue weighted by Gasteiger charge is -2.04. The van der Waals surface area contributed by atoms with Gasteiger partial charge in [-0.25, -0.2) is 0 Å². The van der Waals surface area contributed by atoms with Gasteiger partial charge in [-0.3, -0.25) is 14.2 Å². The van der Waals surface area contributed by atoms with E-state index < -0.39 is 17.8 Å². The van der Waals surface area contributed by atoms with Gasteiger partial charge in [-0.2, -0.15) is 23.4 Å². The van der Waals surface area contributed by atoms with Crippen molar-refractivity contribution < 1.29 is 18.0 Å². The van der Waals surface area contributed by atoms with Crippen molar-refractivity contribution >= 4 is 17.5 Å². The maximum atomic E-state index is 12.6. The SMILES string of the molecule is Cc1nn(CCCNC(=O)c2cc(C(F)(F)F)n(C)n2)cc1Cl. The van der Waals surface area contributed by atoms with Gasteiger partial charge in [-0.1, -0.05) is 11.6 Å². The monoisotopic (exact) mass is 349 g/mol. The Morgan fingerprint density at radius 1 is 1.39 bits per heavy atom. The molecular formula is C13H15ClF3N5O. The first kappa shape index (κ1) is 17.3. The van der Waals surface area contributed by atoms with Crippen molar-refractivity contribution in [2.45, 2.75) is 26.1 Å². The fourth-order valence-electron chi connectivity index (χ4n) is 1.99. The van der Waals surface area contributed by atoms with Gasteiger partial charge < -0.3 is 5.32 Å². The molecular weight excluding hydrogens is 335 g/mol.